The number of carbonyl (C=O) groups is 2. The molecular weight excluding hydrogens is 370 g/mol. The molecule has 1 N–H and O–H groups in total. The fourth-order valence-electron chi connectivity index (χ4n) is 4.53. The molecule has 2 amide bonds. The number of piperidine rings is 1. The molecule has 5 rings (SSSR count). The summed E-state index contributed by atoms with van der Waals surface area (Å²) < 4.78 is 7.20. The Bertz CT molecular complexity index is 1040. The number of fused-ring (bicyclic) bond motifs is 1. The van der Waals surface area contributed by atoms with Crippen LogP contribution in [-0.4, -0.2) is 51.1 Å². The zero-order valence-corrected chi connectivity index (χ0v) is 16.3. The van der Waals surface area contributed by atoms with Crippen molar-refractivity contribution in [3.63, 3.8) is 0 Å². The molecule has 1 aliphatic heterocycles. The SMILES string of the molecule is Cn1nccc1C(=O)N1CCC2(CC1)CC2CNC(=O)c1cc2ccncc2o1. The van der Waals surface area contributed by atoms with Crippen LogP contribution in [0.15, 0.2) is 41.2 Å². The predicted molar refractivity (Wildman–Crippen MR) is 105 cm³/mol. The maximum Gasteiger partial charge on any atom is 0.287 e. The van der Waals surface area contributed by atoms with E-state index in [1.54, 1.807) is 42.5 Å². The van der Waals surface area contributed by atoms with Gasteiger partial charge in [-0.05, 0) is 48.8 Å². The maximum atomic E-state index is 12.6. The first kappa shape index (κ1) is 17.9. The van der Waals surface area contributed by atoms with Gasteiger partial charge in [-0.1, -0.05) is 0 Å². The van der Waals surface area contributed by atoms with Gasteiger partial charge in [-0.3, -0.25) is 19.3 Å². The second kappa shape index (κ2) is 6.72. The fraction of sp³-hybridized carbons (Fsp3) is 0.429. The zero-order valence-electron chi connectivity index (χ0n) is 16.3. The van der Waals surface area contributed by atoms with Crippen LogP contribution < -0.4 is 5.32 Å². The topological polar surface area (TPSA) is 93.3 Å². The molecule has 1 spiro atoms. The van der Waals surface area contributed by atoms with Crippen LogP contribution in [0.3, 0.4) is 0 Å². The van der Waals surface area contributed by atoms with Crippen molar-refractivity contribution in [1.29, 1.82) is 0 Å². The minimum Gasteiger partial charge on any atom is -0.449 e. The highest BCUT2D eigenvalue weighted by atomic mass is 16.3. The molecule has 29 heavy (non-hydrogen) atoms. The molecule has 0 bridgehead atoms. The Labute approximate surface area is 167 Å². The number of amides is 2. The molecule has 0 radical (unpaired) electrons. The minimum atomic E-state index is -0.188. The fourth-order valence-corrected chi connectivity index (χ4v) is 4.53. The van der Waals surface area contributed by atoms with Crippen molar-refractivity contribution in [2.24, 2.45) is 18.4 Å². The Morgan fingerprint density at radius 2 is 2.10 bits per heavy atom. The van der Waals surface area contributed by atoms with Crippen molar-refractivity contribution in [3.8, 4) is 0 Å². The van der Waals surface area contributed by atoms with Gasteiger partial charge >= 0.3 is 0 Å². The Morgan fingerprint density at radius 1 is 1.28 bits per heavy atom. The van der Waals surface area contributed by atoms with Crippen LogP contribution in [0.4, 0.5) is 0 Å². The summed E-state index contributed by atoms with van der Waals surface area (Å²) in [6.07, 6.45) is 8.00. The molecule has 8 heteroatoms. The molecule has 1 saturated carbocycles. The molecule has 8 nitrogen and oxygen atoms in total. The Kier molecular flexibility index (Phi) is 4.15. The Morgan fingerprint density at radius 3 is 2.83 bits per heavy atom. The highest BCUT2D eigenvalue weighted by Crippen LogP contribution is 2.59. The van der Waals surface area contributed by atoms with E-state index < -0.39 is 0 Å². The first-order valence-electron chi connectivity index (χ1n) is 9.95. The average Bonchev–Trinajstić information content (AvgIpc) is 3.08. The Hall–Kier alpha value is -3.16. The van der Waals surface area contributed by atoms with Gasteiger partial charge in [0.15, 0.2) is 11.3 Å². The third-order valence-electron chi connectivity index (χ3n) is 6.50. The van der Waals surface area contributed by atoms with Gasteiger partial charge < -0.3 is 14.6 Å². The molecule has 2 fully saturated rings. The Balaban J connectivity index is 1.14. The van der Waals surface area contributed by atoms with E-state index in [2.05, 4.69) is 15.4 Å². The summed E-state index contributed by atoms with van der Waals surface area (Å²) in [6, 6.07) is 5.33. The number of rotatable bonds is 4. The summed E-state index contributed by atoms with van der Waals surface area (Å²) in [7, 11) is 1.79. The molecule has 4 heterocycles. The number of likely N-dealkylation sites (tertiary alicyclic amines) is 1. The van der Waals surface area contributed by atoms with Gasteiger partial charge in [0.1, 0.15) is 5.69 Å². The minimum absolute atomic E-state index is 0.0460. The summed E-state index contributed by atoms with van der Waals surface area (Å²) in [5, 5.41) is 7.97. The number of carbonyl (C=O) groups excluding carboxylic acids is 2. The number of aryl methyl sites for hydroxylation is 1. The second-order valence-corrected chi connectivity index (χ2v) is 8.13. The summed E-state index contributed by atoms with van der Waals surface area (Å²) in [4.78, 5) is 31.0. The number of nitrogens with one attached hydrogen (secondary N) is 1. The summed E-state index contributed by atoms with van der Waals surface area (Å²) in [5.74, 6) is 0.641. The maximum absolute atomic E-state index is 12.6. The lowest BCUT2D eigenvalue weighted by Crippen LogP contribution is -2.41. The molecular formula is C21H23N5O3. The van der Waals surface area contributed by atoms with Gasteiger partial charge in [-0.15, -0.1) is 0 Å². The number of hydrogen-bond donors (Lipinski definition) is 1. The standard InChI is InChI=1S/C21H23N5O3/c1-25-16(3-7-24-25)20(28)26-8-4-21(5-9-26)11-15(21)12-23-19(27)17-10-14-2-6-22-13-18(14)29-17/h2-3,6-7,10,13,15H,4-5,8-9,11-12H2,1H3,(H,23,27). The van der Waals surface area contributed by atoms with Crippen LogP contribution in [0.2, 0.25) is 0 Å². The van der Waals surface area contributed by atoms with Gasteiger partial charge in [0.2, 0.25) is 0 Å². The van der Waals surface area contributed by atoms with Crippen LogP contribution in [0.1, 0.15) is 40.3 Å². The second-order valence-electron chi connectivity index (χ2n) is 8.13. The largest absolute Gasteiger partial charge is 0.449 e. The summed E-state index contributed by atoms with van der Waals surface area (Å²) in [6.45, 7) is 2.15. The van der Waals surface area contributed by atoms with Crippen molar-refractivity contribution in [3.05, 3.63) is 48.2 Å². The van der Waals surface area contributed by atoms with Crippen LogP contribution in [0.5, 0.6) is 0 Å². The third kappa shape index (κ3) is 3.18. The van der Waals surface area contributed by atoms with E-state index in [1.165, 1.54) is 0 Å². The van der Waals surface area contributed by atoms with E-state index in [0.29, 0.717) is 29.5 Å². The van der Waals surface area contributed by atoms with Crippen molar-refractivity contribution in [2.75, 3.05) is 19.6 Å². The first-order valence-corrected chi connectivity index (χ1v) is 9.95. The lowest BCUT2D eigenvalue weighted by atomic mass is 9.90. The number of aromatic nitrogens is 3. The van der Waals surface area contributed by atoms with E-state index in [-0.39, 0.29) is 17.2 Å². The van der Waals surface area contributed by atoms with Crippen molar-refractivity contribution < 1.29 is 14.0 Å². The third-order valence-corrected chi connectivity index (χ3v) is 6.50. The summed E-state index contributed by atoms with van der Waals surface area (Å²) >= 11 is 0. The molecule has 2 aliphatic rings. The van der Waals surface area contributed by atoms with E-state index in [0.717, 1.165) is 37.7 Å². The van der Waals surface area contributed by atoms with Crippen LogP contribution >= 0.6 is 0 Å². The number of pyridine rings is 1. The van der Waals surface area contributed by atoms with Crippen LogP contribution in [0, 0.1) is 11.3 Å². The normalized spacial score (nSPS) is 20.2. The molecule has 1 atom stereocenters. The highest BCUT2D eigenvalue weighted by Gasteiger charge is 2.54. The lowest BCUT2D eigenvalue weighted by molar-refractivity contribution is 0.0657. The molecule has 1 aliphatic carbocycles. The molecule has 3 aromatic heterocycles. The molecule has 150 valence electrons. The van der Waals surface area contributed by atoms with Crippen molar-refractivity contribution in [2.45, 2.75) is 19.3 Å². The molecule has 0 aromatic carbocycles. The number of hydrogen-bond acceptors (Lipinski definition) is 5. The average molecular weight is 393 g/mol. The molecule has 1 unspecified atom stereocenters. The predicted octanol–water partition coefficient (Wildman–Crippen LogP) is 2.23. The van der Waals surface area contributed by atoms with Crippen LogP contribution in [0.25, 0.3) is 11.0 Å². The van der Waals surface area contributed by atoms with E-state index in [9.17, 15) is 9.59 Å². The summed E-state index contributed by atoms with van der Waals surface area (Å²) in [5.41, 5.74) is 1.50. The van der Waals surface area contributed by atoms with E-state index >= 15 is 0 Å². The van der Waals surface area contributed by atoms with Gasteiger partial charge in [0.05, 0.1) is 6.20 Å². The molecule has 1 saturated heterocycles. The van der Waals surface area contributed by atoms with Gasteiger partial charge in [-0.2, -0.15) is 5.10 Å². The van der Waals surface area contributed by atoms with E-state index in [4.69, 9.17) is 4.42 Å². The van der Waals surface area contributed by atoms with Gasteiger partial charge in [0, 0.05) is 44.5 Å². The smallest absolute Gasteiger partial charge is 0.287 e. The van der Waals surface area contributed by atoms with Crippen LogP contribution in [-0.2, 0) is 7.05 Å². The monoisotopic (exact) mass is 393 g/mol. The number of furan rings is 1. The zero-order chi connectivity index (χ0) is 20.0. The van der Waals surface area contributed by atoms with Crippen molar-refractivity contribution >= 4 is 22.8 Å². The van der Waals surface area contributed by atoms with Crippen molar-refractivity contribution in [1.82, 2.24) is 25.0 Å². The van der Waals surface area contributed by atoms with Gasteiger partial charge in [-0.25, -0.2) is 0 Å². The lowest BCUT2D eigenvalue weighted by Gasteiger charge is -2.33. The van der Waals surface area contributed by atoms with E-state index in [1.807, 2.05) is 11.0 Å². The van der Waals surface area contributed by atoms with Gasteiger partial charge in [0.25, 0.3) is 11.8 Å². The quantitative estimate of drug-likeness (QED) is 0.734. The molecule has 3 aromatic rings. The number of nitrogens with zero attached hydrogens (tertiary/aromatic N) is 4. The first-order chi connectivity index (χ1) is 14.1. The highest BCUT2D eigenvalue weighted by molar-refractivity contribution is 5.96.